The van der Waals surface area contributed by atoms with Gasteiger partial charge in [0.25, 0.3) is 17.5 Å². The van der Waals surface area contributed by atoms with Crippen molar-refractivity contribution in [2.45, 2.75) is 18.7 Å². The van der Waals surface area contributed by atoms with Crippen molar-refractivity contribution in [2.75, 3.05) is 5.75 Å². The number of carbonyl (C=O) groups excluding carboxylic acids is 2. The maximum atomic E-state index is 12.9. The summed E-state index contributed by atoms with van der Waals surface area (Å²) in [5.74, 6) is 0.0363. The monoisotopic (exact) mass is 476 g/mol. The highest BCUT2D eigenvalue weighted by Gasteiger charge is 2.22. The van der Waals surface area contributed by atoms with E-state index in [9.17, 15) is 19.7 Å². The zero-order chi connectivity index (χ0) is 24.3. The Hall–Kier alpha value is -3.98. The fraction of sp³-hybridized carbons (Fsp3) is 0.160. The molecule has 2 N–H and O–H groups in total. The van der Waals surface area contributed by atoms with Gasteiger partial charge in [-0.15, -0.1) is 0 Å². The molecule has 0 radical (unpaired) electrons. The first-order valence-corrected chi connectivity index (χ1v) is 11.7. The molecule has 174 valence electrons. The second kappa shape index (κ2) is 12.3. The molecule has 0 bridgehead atoms. The number of benzene rings is 3. The van der Waals surface area contributed by atoms with Crippen molar-refractivity contribution in [3.63, 3.8) is 0 Å². The van der Waals surface area contributed by atoms with E-state index in [0.29, 0.717) is 17.2 Å². The number of nitro groups is 1. The van der Waals surface area contributed by atoms with Gasteiger partial charge in [-0.1, -0.05) is 60.7 Å². The van der Waals surface area contributed by atoms with E-state index < -0.39 is 22.8 Å². The van der Waals surface area contributed by atoms with Crippen LogP contribution >= 0.6 is 11.8 Å². The van der Waals surface area contributed by atoms with Gasteiger partial charge in [-0.3, -0.25) is 19.7 Å². The van der Waals surface area contributed by atoms with Gasteiger partial charge in [-0.25, -0.2) is 5.43 Å². The Balaban J connectivity index is 1.69. The number of hydrogen-bond donors (Lipinski definition) is 2. The number of carbonyl (C=O) groups is 2. The van der Waals surface area contributed by atoms with Gasteiger partial charge in [0.1, 0.15) is 6.04 Å². The lowest BCUT2D eigenvalue weighted by molar-refractivity contribution is -0.384. The lowest BCUT2D eigenvalue weighted by Gasteiger charge is -2.17. The van der Waals surface area contributed by atoms with E-state index >= 15 is 0 Å². The van der Waals surface area contributed by atoms with Crippen molar-refractivity contribution in [2.24, 2.45) is 5.10 Å². The first kappa shape index (κ1) is 24.7. The quantitative estimate of drug-likeness (QED) is 0.259. The largest absolute Gasteiger partial charge is 0.339 e. The van der Waals surface area contributed by atoms with Crippen LogP contribution in [-0.4, -0.2) is 34.2 Å². The second-order valence-electron chi connectivity index (χ2n) is 7.37. The third kappa shape index (κ3) is 7.28. The van der Waals surface area contributed by atoms with Gasteiger partial charge in [-0.05, 0) is 30.2 Å². The molecule has 0 aliphatic carbocycles. The van der Waals surface area contributed by atoms with Crippen LogP contribution in [0.5, 0.6) is 0 Å². The third-order valence-electron chi connectivity index (χ3n) is 4.88. The SMILES string of the molecule is C/C(=N/NC(=O)[C@H](CSCc1ccccc1)NC(=O)c1ccc([N+](=O)[O-])cc1)c1ccccc1. The lowest BCUT2D eigenvalue weighted by atomic mass is 10.1. The van der Waals surface area contributed by atoms with Crippen molar-refractivity contribution in [3.8, 4) is 0 Å². The molecule has 3 aromatic rings. The van der Waals surface area contributed by atoms with Gasteiger partial charge in [0, 0.05) is 29.2 Å². The molecule has 8 nitrogen and oxygen atoms in total. The predicted octanol–water partition coefficient (Wildman–Crippen LogP) is 4.17. The molecular weight excluding hydrogens is 452 g/mol. The van der Waals surface area contributed by atoms with Crippen molar-refractivity contribution in [1.29, 1.82) is 0 Å². The van der Waals surface area contributed by atoms with Crippen molar-refractivity contribution in [3.05, 3.63) is 112 Å². The van der Waals surface area contributed by atoms with Crippen molar-refractivity contribution >= 4 is 35.0 Å². The molecule has 3 aromatic carbocycles. The summed E-state index contributed by atoms with van der Waals surface area (Å²) >= 11 is 1.50. The zero-order valence-corrected chi connectivity index (χ0v) is 19.3. The molecule has 0 aliphatic heterocycles. The Bertz CT molecular complexity index is 1150. The Labute approximate surface area is 201 Å². The average molecular weight is 477 g/mol. The summed E-state index contributed by atoms with van der Waals surface area (Å²) in [7, 11) is 0. The topological polar surface area (TPSA) is 114 Å². The van der Waals surface area contributed by atoms with E-state index in [2.05, 4.69) is 15.8 Å². The number of nitrogens with zero attached hydrogens (tertiary/aromatic N) is 2. The Morgan fingerprint density at radius 2 is 1.56 bits per heavy atom. The highest BCUT2D eigenvalue weighted by atomic mass is 32.2. The molecule has 0 saturated heterocycles. The molecule has 0 unspecified atom stereocenters. The van der Waals surface area contributed by atoms with Gasteiger partial charge < -0.3 is 5.32 Å². The minimum Gasteiger partial charge on any atom is -0.339 e. The predicted molar refractivity (Wildman–Crippen MR) is 134 cm³/mol. The second-order valence-corrected chi connectivity index (χ2v) is 8.40. The van der Waals surface area contributed by atoms with Crippen LogP contribution in [-0.2, 0) is 10.5 Å². The number of rotatable bonds is 10. The zero-order valence-electron chi connectivity index (χ0n) is 18.5. The summed E-state index contributed by atoms with van der Waals surface area (Å²) in [5, 5.41) is 17.7. The van der Waals surface area contributed by atoms with Crippen LogP contribution < -0.4 is 10.7 Å². The summed E-state index contributed by atoms with van der Waals surface area (Å²) < 4.78 is 0. The normalized spacial score (nSPS) is 12.0. The molecule has 0 aromatic heterocycles. The maximum Gasteiger partial charge on any atom is 0.269 e. The first-order chi connectivity index (χ1) is 16.4. The van der Waals surface area contributed by atoms with Crippen LogP contribution in [0.4, 0.5) is 5.69 Å². The standard InChI is InChI=1S/C25H24N4O4S/c1-18(20-10-6-3-7-11-20)27-28-25(31)23(17-34-16-19-8-4-2-5-9-19)26-24(30)21-12-14-22(15-13-21)29(32)33/h2-15,23H,16-17H2,1H3,(H,26,30)(H,28,31)/b27-18-/t23-/m0/s1. The molecule has 1 atom stereocenters. The van der Waals surface area contributed by atoms with Gasteiger partial charge >= 0.3 is 0 Å². The smallest absolute Gasteiger partial charge is 0.269 e. The number of hydrazone groups is 1. The maximum absolute atomic E-state index is 12.9. The first-order valence-electron chi connectivity index (χ1n) is 10.5. The molecule has 9 heteroatoms. The summed E-state index contributed by atoms with van der Waals surface area (Å²) in [4.78, 5) is 35.9. The Kier molecular flexibility index (Phi) is 8.93. The summed E-state index contributed by atoms with van der Waals surface area (Å²) in [5.41, 5.74) is 5.25. The molecule has 34 heavy (non-hydrogen) atoms. The van der Waals surface area contributed by atoms with E-state index in [1.807, 2.05) is 60.7 Å². The fourth-order valence-corrected chi connectivity index (χ4v) is 4.01. The Morgan fingerprint density at radius 1 is 0.941 bits per heavy atom. The summed E-state index contributed by atoms with van der Waals surface area (Å²) in [6.45, 7) is 1.78. The van der Waals surface area contributed by atoms with E-state index in [0.717, 1.165) is 11.1 Å². The number of nitrogens with one attached hydrogen (secondary N) is 2. The van der Waals surface area contributed by atoms with Crippen molar-refractivity contribution in [1.82, 2.24) is 10.7 Å². The van der Waals surface area contributed by atoms with Crippen LogP contribution in [0.2, 0.25) is 0 Å². The average Bonchev–Trinajstić information content (AvgIpc) is 2.87. The number of hydrogen-bond acceptors (Lipinski definition) is 6. The summed E-state index contributed by atoms with van der Waals surface area (Å²) in [6.07, 6.45) is 0. The van der Waals surface area contributed by atoms with Crippen molar-refractivity contribution < 1.29 is 14.5 Å². The van der Waals surface area contributed by atoms with E-state index in [1.165, 1.54) is 36.0 Å². The minimum atomic E-state index is -0.858. The van der Waals surface area contributed by atoms with Gasteiger partial charge in [0.15, 0.2) is 0 Å². The molecule has 0 spiro atoms. The van der Waals surface area contributed by atoms with E-state index in [4.69, 9.17) is 0 Å². The number of non-ortho nitro benzene ring substituents is 1. The van der Waals surface area contributed by atoms with Gasteiger partial charge in [0.2, 0.25) is 0 Å². The minimum absolute atomic E-state index is 0.116. The van der Waals surface area contributed by atoms with Crippen LogP contribution in [0.15, 0.2) is 90.0 Å². The highest BCUT2D eigenvalue weighted by Crippen LogP contribution is 2.15. The highest BCUT2D eigenvalue weighted by molar-refractivity contribution is 7.98. The molecular formula is C25H24N4O4S. The molecule has 0 aliphatic rings. The number of amides is 2. The molecule has 0 fully saturated rings. The molecule has 3 rings (SSSR count). The lowest BCUT2D eigenvalue weighted by Crippen LogP contribution is -2.47. The van der Waals surface area contributed by atoms with Crippen LogP contribution in [0, 0.1) is 10.1 Å². The van der Waals surface area contributed by atoms with E-state index in [-0.39, 0.29) is 11.3 Å². The Morgan fingerprint density at radius 3 is 2.18 bits per heavy atom. The van der Waals surface area contributed by atoms with Gasteiger partial charge in [-0.2, -0.15) is 16.9 Å². The third-order valence-corrected chi connectivity index (χ3v) is 5.99. The van der Waals surface area contributed by atoms with E-state index in [1.54, 1.807) is 6.92 Å². The summed E-state index contributed by atoms with van der Waals surface area (Å²) in [6, 6.07) is 23.6. The molecule has 0 saturated carbocycles. The van der Waals surface area contributed by atoms with Gasteiger partial charge in [0.05, 0.1) is 10.6 Å². The molecule has 2 amide bonds. The van der Waals surface area contributed by atoms with Crippen LogP contribution in [0.1, 0.15) is 28.4 Å². The number of nitro benzene ring substituents is 1. The van der Waals surface area contributed by atoms with Crippen LogP contribution in [0.3, 0.4) is 0 Å². The fourth-order valence-electron chi connectivity index (χ4n) is 2.99. The number of thioether (sulfide) groups is 1. The van der Waals surface area contributed by atoms with Crippen LogP contribution in [0.25, 0.3) is 0 Å². The molecule has 0 heterocycles.